The number of amides is 2. The monoisotopic (exact) mass is 592 g/mol. The number of carbonyl (C=O) groups is 2. The van der Waals surface area contributed by atoms with Crippen molar-refractivity contribution in [3.63, 3.8) is 0 Å². The van der Waals surface area contributed by atoms with Crippen LogP contribution in [0.2, 0.25) is 0 Å². The molecule has 0 saturated carbocycles. The zero-order valence-corrected chi connectivity index (χ0v) is 26.4. The number of nitrogens with one attached hydrogen (secondary N) is 2. The first-order valence-electron chi connectivity index (χ1n) is 14.3. The van der Waals surface area contributed by atoms with Gasteiger partial charge in [-0.15, -0.1) is 0 Å². The zero-order chi connectivity index (χ0) is 29.7. The summed E-state index contributed by atoms with van der Waals surface area (Å²) in [4.78, 5) is 24.0. The lowest BCUT2D eigenvalue weighted by Gasteiger charge is -2.24. The Hall–Kier alpha value is -2.00. The van der Waals surface area contributed by atoms with E-state index in [2.05, 4.69) is 90.5 Å². The summed E-state index contributed by atoms with van der Waals surface area (Å²) in [5, 5.41) is 23.7. The molecule has 0 rings (SSSR count). The maximum absolute atomic E-state index is 12.0. The molecular formula is C32H52N2O4S2. The molecule has 0 aromatic carbocycles. The normalized spacial score (nSPS) is 12.9. The van der Waals surface area contributed by atoms with Gasteiger partial charge < -0.3 is 20.8 Å². The summed E-state index contributed by atoms with van der Waals surface area (Å²) >= 11 is 0. The quantitative estimate of drug-likeness (QED) is 0.0573. The molecule has 0 radical (unpaired) electrons. The predicted molar refractivity (Wildman–Crippen MR) is 175 cm³/mol. The molecule has 0 aromatic rings. The van der Waals surface area contributed by atoms with Crippen LogP contribution in [-0.4, -0.2) is 58.3 Å². The van der Waals surface area contributed by atoms with Gasteiger partial charge in [-0.05, 0) is 58.8 Å². The van der Waals surface area contributed by atoms with Crippen LogP contribution in [0.25, 0.3) is 0 Å². The second kappa shape index (κ2) is 27.2. The molecule has 40 heavy (non-hydrogen) atoms. The first-order valence-corrected chi connectivity index (χ1v) is 16.6. The van der Waals surface area contributed by atoms with Gasteiger partial charge in [-0.1, -0.05) is 101 Å². The van der Waals surface area contributed by atoms with Gasteiger partial charge in [0, 0.05) is 29.9 Å². The number of aliphatic hydroxyl groups excluding tert-OH is 2. The molecule has 8 heteroatoms. The average molecular weight is 593 g/mol. The van der Waals surface area contributed by atoms with Gasteiger partial charge in [0.05, 0.1) is 19.3 Å². The second-order valence-corrected chi connectivity index (χ2v) is 12.9. The van der Waals surface area contributed by atoms with E-state index in [9.17, 15) is 9.59 Å². The Bertz CT molecular complexity index is 829. The van der Waals surface area contributed by atoms with E-state index in [1.165, 1.54) is 0 Å². The highest BCUT2D eigenvalue weighted by molar-refractivity contribution is 8.77. The molecule has 0 aliphatic heterocycles. The third-order valence-corrected chi connectivity index (χ3v) is 8.61. The lowest BCUT2D eigenvalue weighted by Crippen LogP contribution is -2.42. The van der Waals surface area contributed by atoms with E-state index in [0.717, 1.165) is 50.7 Å². The van der Waals surface area contributed by atoms with Gasteiger partial charge in [-0.2, -0.15) is 0 Å². The SMILES string of the molecule is CC/C=C\C/C=C\C/C=C\C/C=C\C/C=C\C/C=C\CCC(=O)NCCSSC(C)(C)CC(=O)NC(CO)CO. The van der Waals surface area contributed by atoms with Gasteiger partial charge in [-0.3, -0.25) is 9.59 Å². The van der Waals surface area contributed by atoms with Gasteiger partial charge >= 0.3 is 0 Å². The van der Waals surface area contributed by atoms with E-state index in [1.807, 2.05) is 13.8 Å². The van der Waals surface area contributed by atoms with Gasteiger partial charge in [0.25, 0.3) is 0 Å². The Balaban J connectivity index is 3.76. The molecule has 0 bridgehead atoms. The molecule has 4 N–H and O–H groups in total. The van der Waals surface area contributed by atoms with E-state index in [-0.39, 0.29) is 36.2 Å². The molecular weight excluding hydrogens is 540 g/mol. The van der Waals surface area contributed by atoms with E-state index in [4.69, 9.17) is 10.2 Å². The number of hydrogen-bond acceptors (Lipinski definition) is 6. The van der Waals surface area contributed by atoms with Crippen molar-refractivity contribution >= 4 is 33.4 Å². The van der Waals surface area contributed by atoms with E-state index in [1.54, 1.807) is 21.6 Å². The summed E-state index contributed by atoms with van der Waals surface area (Å²) < 4.78 is -0.301. The number of allylic oxidation sites excluding steroid dienone is 12. The van der Waals surface area contributed by atoms with Crippen molar-refractivity contribution in [2.75, 3.05) is 25.5 Å². The standard InChI is InChI=1S/C32H52N2O4S2/c1-4-5-6-7-8-9-10-11-12-13-14-15-16-17-18-19-20-21-22-23-30(37)33-24-25-39-40-32(2,3)26-31(38)34-29(27-35)28-36/h5-6,8-9,11-12,14-15,17-18,20-21,29,35-36H,4,7,10,13,16,19,22-28H2,1-3H3,(H,33,37)(H,34,38)/b6-5-,9-8-,12-11-,15-14-,18-17-,21-20-. The molecule has 0 unspecified atom stereocenters. The fourth-order valence-electron chi connectivity index (χ4n) is 3.22. The van der Waals surface area contributed by atoms with Gasteiger partial charge in [0.1, 0.15) is 0 Å². The van der Waals surface area contributed by atoms with Crippen LogP contribution in [0.5, 0.6) is 0 Å². The largest absolute Gasteiger partial charge is 0.394 e. The fraction of sp³-hybridized carbons (Fsp3) is 0.562. The van der Waals surface area contributed by atoms with E-state index < -0.39 is 6.04 Å². The number of rotatable bonds is 24. The van der Waals surface area contributed by atoms with E-state index in [0.29, 0.717) is 13.0 Å². The van der Waals surface area contributed by atoms with Gasteiger partial charge in [-0.25, -0.2) is 0 Å². The van der Waals surface area contributed by atoms with Crippen LogP contribution in [0.15, 0.2) is 72.9 Å². The average Bonchev–Trinajstić information content (AvgIpc) is 2.92. The van der Waals surface area contributed by atoms with Crippen molar-refractivity contribution in [3.05, 3.63) is 72.9 Å². The first kappa shape index (κ1) is 38.0. The summed E-state index contributed by atoms with van der Waals surface area (Å²) in [6.45, 7) is 6.10. The molecule has 0 aromatic heterocycles. The Morgan fingerprint density at radius 3 is 1.70 bits per heavy atom. The summed E-state index contributed by atoms with van der Waals surface area (Å²) in [5.41, 5.74) is 0. The molecule has 226 valence electrons. The molecule has 0 atom stereocenters. The lowest BCUT2D eigenvalue weighted by atomic mass is 10.1. The minimum absolute atomic E-state index is 0.0443. The van der Waals surface area contributed by atoms with Crippen molar-refractivity contribution in [1.82, 2.24) is 10.6 Å². The van der Waals surface area contributed by atoms with E-state index >= 15 is 0 Å². The number of aliphatic hydroxyl groups is 2. The lowest BCUT2D eigenvalue weighted by molar-refractivity contribution is -0.123. The minimum Gasteiger partial charge on any atom is -0.394 e. The topological polar surface area (TPSA) is 98.7 Å². The third-order valence-electron chi connectivity index (χ3n) is 5.32. The van der Waals surface area contributed by atoms with Crippen molar-refractivity contribution in [2.24, 2.45) is 0 Å². The van der Waals surface area contributed by atoms with Crippen LogP contribution in [-0.2, 0) is 9.59 Å². The highest BCUT2D eigenvalue weighted by Gasteiger charge is 2.24. The predicted octanol–water partition coefficient (Wildman–Crippen LogP) is 6.60. The molecule has 0 heterocycles. The highest BCUT2D eigenvalue weighted by atomic mass is 33.1. The summed E-state index contributed by atoms with van der Waals surface area (Å²) in [5.74, 6) is 0.591. The van der Waals surface area contributed by atoms with Gasteiger partial charge in [0.2, 0.25) is 11.8 Å². The van der Waals surface area contributed by atoms with Crippen LogP contribution >= 0.6 is 21.6 Å². The maximum atomic E-state index is 12.0. The molecule has 6 nitrogen and oxygen atoms in total. The number of carbonyl (C=O) groups excluding carboxylic acids is 2. The maximum Gasteiger partial charge on any atom is 0.221 e. The highest BCUT2D eigenvalue weighted by Crippen LogP contribution is 2.37. The Labute approximate surface area is 251 Å². The first-order chi connectivity index (χ1) is 19.3. The second-order valence-electron chi connectivity index (χ2n) is 9.78. The summed E-state index contributed by atoms with van der Waals surface area (Å²) in [6.07, 6.45) is 33.4. The number of hydrogen-bond donors (Lipinski definition) is 4. The molecule has 0 aliphatic carbocycles. The zero-order valence-electron chi connectivity index (χ0n) is 24.7. The van der Waals surface area contributed by atoms with Crippen molar-refractivity contribution in [3.8, 4) is 0 Å². The Kier molecular flexibility index (Phi) is 25.8. The molecule has 0 spiro atoms. The van der Waals surface area contributed by atoms with Crippen LogP contribution in [0, 0.1) is 0 Å². The van der Waals surface area contributed by atoms with Crippen LogP contribution in [0.1, 0.15) is 78.6 Å². The van der Waals surface area contributed by atoms with Crippen LogP contribution < -0.4 is 10.6 Å². The van der Waals surface area contributed by atoms with Crippen LogP contribution in [0.3, 0.4) is 0 Å². The van der Waals surface area contributed by atoms with Crippen LogP contribution in [0.4, 0.5) is 0 Å². The third kappa shape index (κ3) is 26.2. The molecule has 0 aliphatic rings. The minimum atomic E-state index is -0.621. The molecule has 0 fully saturated rings. The van der Waals surface area contributed by atoms with Gasteiger partial charge in [0.15, 0.2) is 0 Å². The smallest absolute Gasteiger partial charge is 0.221 e. The Morgan fingerprint density at radius 1 is 0.750 bits per heavy atom. The summed E-state index contributed by atoms with van der Waals surface area (Å²) in [7, 11) is 3.21. The summed E-state index contributed by atoms with van der Waals surface area (Å²) in [6, 6.07) is -0.621. The van der Waals surface area contributed by atoms with Crippen molar-refractivity contribution in [2.45, 2.75) is 89.3 Å². The van der Waals surface area contributed by atoms with Crippen molar-refractivity contribution in [1.29, 1.82) is 0 Å². The van der Waals surface area contributed by atoms with Crippen molar-refractivity contribution < 1.29 is 19.8 Å². The molecule has 2 amide bonds. The Morgan fingerprint density at radius 2 is 1.23 bits per heavy atom. The fourth-order valence-corrected chi connectivity index (χ4v) is 5.63. The molecule has 0 saturated heterocycles.